The number of rotatable bonds is 5. The summed E-state index contributed by atoms with van der Waals surface area (Å²) in [6.07, 6.45) is -1.79. The zero-order valence-electron chi connectivity index (χ0n) is 12.8. The summed E-state index contributed by atoms with van der Waals surface area (Å²) in [6.45, 7) is 7.22. The molecule has 2 rings (SSSR count). The van der Waals surface area contributed by atoms with Crippen molar-refractivity contribution in [1.29, 1.82) is 0 Å². The van der Waals surface area contributed by atoms with Gasteiger partial charge in [0, 0.05) is 25.7 Å². The molecule has 0 amide bonds. The first-order chi connectivity index (χ1) is 9.95. The predicted molar refractivity (Wildman–Crippen MR) is 76.2 cm³/mol. The number of nitrogens with one attached hydrogen (secondary N) is 1. The van der Waals surface area contributed by atoms with E-state index in [2.05, 4.69) is 17.1 Å². The van der Waals surface area contributed by atoms with E-state index in [1.54, 1.807) is 0 Å². The predicted octanol–water partition coefficient (Wildman–Crippen LogP) is 2.67. The molecule has 21 heavy (non-hydrogen) atoms. The summed E-state index contributed by atoms with van der Waals surface area (Å²) in [5, 5.41) is 3.42. The lowest BCUT2D eigenvalue weighted by molar-refractivity contribution is -0.185. The Morgan fingerprint density at radius 1 is 1.24 bits per heavy atom. The summed E-state index contributed by atoms with van der Waals surface area (Å²) in [5.41, 5.74) is 0. The van der Waals surface area contributed by atoms with Crippen molar-refractivity contribution >= 4 is 0 Å². The van der Waals surface area contributed by atoms with E-state index in [1.165, 1.54) is 0 Å². The third-order valence-electron chi connectivity index (χ3n) is 4.64. The highest BCUT2D eigenvalue weighted by molar-refractivity contribution is 4.80. The van der Waals surface area contributed by atoms with Crippen LogP contribution < -0.4 is 5.32 Å². The Balaban J connectivity index is 1.67. The van der Waals surface area contributed by atoms with Crippen LogP contribution in [0.5, 0.6) is 0 Å². The zero-order valence-corrected chi connectivity index (χ0v) is 12.8. The molecule has 3 atom stereocenters. The van der Waals surface area contributed by atoms with Gasteiger partial charge in [-0.25, -0.2) is 0 Å². The van der Waals surface area contributed by atoms with Gasteiger partial charge < -0.3 is 10.1 Å². The van der Waals surface area contributed by atoms with Gasteiger partial charge in [0.05, 0.1) is 19.1 Å². The molecule has 6 heteroatoms. The minimum Gasteiger partial charge on any atom is -0.379 e. The van der Waals surface area contributed by atoms with Crippen LogP contribution in [-0.2, 0) is 4.74 Å². The molecule has 0 bridgehead atoms. The summed E-state index contributed by atoms with van der Waals surface area (Å²) in [4.78, 5) is 2.35. The van der Waals surface area contributed by atoms with Crippen LogP contribution in [0, 0.1) is 11.8 Å². The Bertz CT molecular complexity index is 306. The van der Waals surface area contributed by atoms with Crippen LogP contribution in [0.2, 0.25) is 0 Å². The molecule has 0 aromatic heterocycles. The molecule has 1 saturated heterocycles. The van der Waals surface area contributed by atoms with Gasteiger partial charge in [-0.1, -0.05) is 6.42 Å². The Kier molecular flexibility index (Phi) is 6.32. The average Bonchev–Trinajstić information content (AvgIpc) is 2.46. The molecule has 2 aliphatic rings. The topological polar surface area (TPSA) is 24.5 Å². The molecule has 0 aromatic rings. The minimum atomic E-state index is -4.02. The molecular weight excluding hydrogens is 281 g/mol. The summed E-state index contributed by atoms with van der Waals surface area (Å²) in [5.74, 6) is -0.926. The second-order valence-electron chi connectivity index (χ2n) is 6.49. The van der Waals surface area contributed by atoms with Crippen molar-refractivity contribution in [3.8, 4) is 0 Å². The van der Waals surface area contributed by atoms with Crippen molar-refractivity contribution in [2.75, 3.05) is 39.4 Å². The molecule has 1 aliphatic carbocycles. The molecule has 124 valence electrons. The van der Waals surface area contributed by atoms with Crippen LogP contribution in [-0.4, -0.2) is 56.5 Å². The fraction of sp³-hybridized carbons (Fsp3) is 1.00. The Morgan fingerprint density at radius 3 is 2.62 bits per heavy atom. The number of nitrogens with zero attached hydrogens (tertiary/aromatic N) is 1. The SMILES string of the molecule is CC(CN1CCOCC1)NCC1CCCC(C(F)(F)F)C1. The van der Waals surface area contributed by atoms with Crippen molar-refractivity contribution in [2.45, 2.75) is 44.8 Å². The van der Waals surface area contributed by atoms with Gasteiger partial charge in [-0.2, -0.15) is 13.2 Å². The number of halogens is 3. The molecule has 1 N–H and O–H groups in total. The summed E-state index contributed by atoms with van der Waals surface area (Å²) >= 11 is 0. The van der Waals surface area contributed by atoms with Crippen LogP contribution >= 0.6 is 0 Å². The van der Waals surface area contributed by atoms with E-state index in [-0.39, 0.29) is 5.92 Å². The summed E-state index contributed by atoms with van der Waals surface area (Å²) in [7, 11) is 0. The first-order valence-electron chi connectivity index (χ1n) is 8.05. The van der Waals surface area contributed by atoms with Crippen LogP contribution in [0.1, 0.15) is 32.6 Å². The molecule has 2 fully saturated rings. The summed E-state index contributed by atoms with van der Waals surface area (Å²) < 4.78 is 43.7. The Morgan fingerprint density at radius 2 is 1.95 bits per heavy atom. The molecule has 1 saturated carbocycles. The average molecular weight is 308 g/mol. The smallest absolute Gasteiger partial charge is 0.379 e. The summed E-state index contributed by atoms with van der Waals surface area (Å²) in [6, 6.07) is 0.314. The van der Waals surface area contributed by atoms with Gasteiger partial charge in [0.25, 0.3) is 0 Å². The monoisotopic (exact) mass is 308 g/mol. The normalized spacial score (nSPS) is 30.3. The third kappa shape index (κ3) is 5.75. The highest BCUT2D eigenvalue weighted by Crippen LogP contribution is 2.39. The fourth-order valence-corrected chi connectivity index (χ4v) is 3.38. The number of alkyl halides is 3. The van der Waals surface area contributed by atoms with Crippen molar-refractivity contribution in [1.82, 2.24) is 10.2 Å². The van der Waals surface area contributed by atoms with Gasteiger partial charge in [0.2, 0.25) is 0 Å². The molecule has 1 heterocycles. The van der Waals surface area contributed by atoms with Crippen molar-refractivity contribution in [3.05, 3.63) is 0 Å². The number of morpholine rings is 1. The van der Waals surface area contributed by atoms with Crippen LogP contribution in [0.4, 0.5) is 13.2 Å². The largest absolute Gasteiger partial charge is 0.391 e. The van der Waals surface area contributed by atoms with E-state index in [1.807, 2.05) is 0 Å². The van der Waals surface area contributed by atoms with Gasteiger partial charge in [-0.15, -0.1) is 0 Å². The van der Waals surface area contributed by atoms with Gasteiger partial charge >= 0.3 is 6.18 Å². The van der Waals surface area contributed by atoms with E-state index >= 15 is 0 Å². The molecule has 0 spiro atoms. The second kappa shape index (κ2) is 7.79. The fourth-order valence-electron chi connectivity index (χ4n) is 3.38. The zero-order chi connectivity index (χ0) is 15.3. The van der Waals surface area contributed by atoms with E-state index in [9.17, 15) is 13.2 Å². The maximum atomic E-state index is 12.8. The lowest BCUT2D eigenvalue weighted by Crippen LogP contribution is -2.45. The number of hydrogen-bond donors (Lipinski definition) is 1. The first kappa shape index (κ1) is 17.0. The van der Waals surface area contributed by atoms with Gasteiger partial charge in [0.1, 0.15) is 0 Å². The molecule has 0 aromatic carbocycles. The van der Waals surface area contributed by atoms with E-state index in [0.717, 1.165) is 39.3 Å². The maximum Gasteiger partial charge on any atom is 0.391 e. The van der Waals surface area contributed by atoms with E-state index < -0.39 is 12.1 Å². The quantitative estimate of drug-likeness (QED) is 0.845. The highest BCUT2D eigenvalue weighted by atomic mass is 19.4. The Labute approximate surface area is 125 Å². The van der Waals surface area contributed by atoms with Crippen LogP contribution in [0.15, 0.2) is 0 Å². The van der Waals surface area contributed by atoms with Crippen molar-refractivity contribution in [3.63, 3.8) is 0 Å². The number of hydrogen-bond acceptors (Lipinski definition) is 3. The van der Waals surface area contributed by atoms with Crippen LogP contribution in [0.25, 0.3) is 0 Å². The third-order valence-corrected chi connectivity index (χ3v) is 4.64. The molecule has 0 radical (unpaired) electrons. The number of ether oxygens (including phenoxy) is 1. The molecule has 1 aliphatic heterocycles. The van der Waals surface area contributed by atoms with Gasteiger partial charge in [0.15, 0.2) is 0 Å². The lowest BCUT2D eigenvalue weighted by atomic mass is 9.81. The van der Waals surface area contributed by atoms with E-state index in [0.29, 0.717) is 31.8 Å². The lowest BCUT2D eigenvalue weighted by Gasteiger charge is -2.33. The van der Waals surface area contributed by atoms with Crippen LogP contribution in [0.3, 0.4) is 0 Å². The van der Waals surface area contributed by atoms with E-state index in [4.69, 9.17) is 4.74 Å². The Hall–Kier alpha value is -0.330. The van der Waals surface area contributed by atoms with Gasteiger partial charge in [-0.05, 0) is 38.6 Å². The van der Waals surface area contributed by atoms with Crippen molar-refractivity contribution < 1.29 is 17.9 Å². The second-order valence-corrected chi connectivity index (χ2v) is 6.49. The maximum absolute atomic E-state index is 12.8. The molecular formula is C15H27F3N2O. The highest BCUT2D eigenvalue weighted by Gasteiger charge is 2.41. The van der Waals surface area contributed by atoms with Crippen molar-refractivity contribution in [2.24, 2.45) is 11.8 Å². The molecule has 3 unspecified atom stereocenters. The standard InChI is InChI=1S/C15H27F3N2O/c1-12(11-20-5-7-21-8-6-20)19-10-13-3-2-4-14(9-13)15(16,17)18/h12-14,19H,2-11H2,1H3. The first-order valence-corrected chi connectivity index (χ1v) is 8.05. The van der Waals surface area contributed by atoms with Gasteiger partial charge in [-0.3, -0.25) is 4.90 Å². The minimum absolute atomic E-state index is 0.164. The molecule has 3 nitrogen and oxygen atoms in total.